The molecule has 0 aliphatic heterocycles. The number of anilines is 2. The maximum atomic E-state index is 5.49. The lowest BCUT2D eigenvalue weighted by molar-refractivity contribution is 0.324. The van der Waals surface area contributed by atoms with Crippen molar-refractivity contribution < 1.29 is 14.2 Å². The molecular weight excluding hydrogens is 446 g/mol. The molecule has 1 unspecified atom stereocenters. The quantitative estimate of drug-likeness (QED) is 0.328. The topological polar surface area (TPSA) is 101 Å². The minimum Gasteiger partial charge on any atom is -0.493 e. The van der Waals surface area contributed by atoms with Crippen molar-refractivity contribution in [2.24, 2.45) is 0 Å². The molecule has 1 atom stereocenters. The van der Waals surface area contributed by atoms with E-state index in [4.69, 9.17) is 24.2 Å². The summed E-state index contributed by atoms with van der Waals surface area (Å²) in [5.41, 5.74) is 1.65. The van der Waals surface area contributed by atoms with Gasteiger partial charge in [-0.15, -0.1) is 0 Å². The third-order valence-corrected chi connectivity index (χ3v) is 5.89. The maximum Gasteiger partial charge on any atom is 0.203 e. The molecule has 0 spiro atoms. The molecule has 0 bridgehead atoms. The lowest BCUT2D eigenvalue weighted by Crippen LogP contribution is -2.10. The zero-order valence-electron chi connectivity index (χ0n) is 21.4. The molecule has 1 aromatic carbocycles. The van der Waals surface area contributed by atoms with Gasteiger partial charge < -0.3 is 24.1 Å². The van der Waals surface area contributed by atoms with Gasteiger partial charge in [0.2, 0.25) is 5.75 Å². The Morgan fingerprint density at radius 3 is 2.31 bits per heavy atom. The summed E-state index contributed by atoms with van der Waals surface area (Å²) in [7, 11) is 4.77. The second-order valence-electron chi connectivity index (χ2n) is 8.72. The largest absolute Gasteiger partial charge is 0.493 e. The van der Waals surface area contributed by atoms with Crippen molar-refractivity contribution in [1.82, 2.24) is 29.3 Å². The fraction of sp³-hybridized carbons (Fsp3) is 0.440. The van der Waals surface area contributed by atoms with E-state index in [1.807, 2.05) is 33.8 Å². The first-order chi connectivity index (χ1) is 16.9. The van der Waals surface area contributed by atoms with E-state index in [1.165, 1.54) is 0 Å². The Bertz CT molecular complexity index is 1290. The van der Waals surface area contributed by atoms with E-state index in [-0.39, 0.29) is 12.0 Å². The number of fused-ring (bicyclic) bond motifs is 1. The van der Waals surface area contributed by atoms with Crippen molar-refractivity contribution in [3.63, 3.8) is 0 Å². The number of benzene rings is 1. The van der Waals surface area contributed by atoms with Gasteiger partial charge in [-0.25, -0.2) is 19.6 Å². The van der Waals surface area contributed by atoms with E-state index in [1.54, 1.807) is 27.7 Å². The highest BCUT2D eigenvalue weighted by molar-refractivity contribution is 5.88. The van der Waals surface area contributed by atoms with Gasteiger partial charge in [-0.3, -0.25) is 0 Å². The average molecular weight is 480 g/mol. The molecule has 10 nitrogen and oxygen atoms in total. The highest BCUT2D eigenvalue weighted by Crippen LogP contribution is 2.39. The van der Waals surface area contributed by atoms with Crippen LogP contribution >= 0.6 is 0 Å². The van der Waals surface area contributed by atoms with Crippen molar-refractivity contribution in [2.75, 3.05) is 26.6 Å². The average Bonchev–Trinajstić information content (AvgIpc) is 3.50. The van der Waals surface area contributed by atoms with Crippen molar-refractivity contribution in [2.45, 2.75) is 52.5 Å². The van der Waals surface area contributed by atoms with E-state index >= 15 is 0 Å². The number of methoxy groups -OCH3 is 3. The lowest BCUT2D eigenvalue weighted by atomic mass is 10.2. The zero-order chi connectivity index (χ0) is 25.1. The molecule has 0 saturated heterocycles. The van der Waals surface area contributed by atoms with Crippen LogP contribution in [0.2, 0.25) is 0 Å². The third kappa shape index (κ3) is 4.73. The minimum absolute atomic E-state index is 0.168. The first-order valence-corrected chi connectivity index (χ1v) is 11.8. The van der Waals surface area contributed by atoms with Crippen molar-refractivity contribution in [3.05, 3.63) is 36.7 Å². The molecule has 4 aromatic rings. The number of aromatic nitrogens is 6. The van der Waals surface area contributed by atoms with Crippen LogP contribution in [0.1, 0.15) is 58.3 Å². The van der Waals surface area contributed by atoms with Crippen molar-refractivity contribution >= 4 is 22.7 Å². The molecular formula is C25H33N7O3. The van der Waals surface area contributed by atoms with Crippen LogP contribution in [0.3, 0.4) is 0 Å². The molecule has 3 heterocycles. The molecule has 4 rings (SSSR count). The Kier molecular flexibility index (Phi) is 7.09. The van der Waals surface area contributed by atoms with Crippen molar-refractivity contribution in [3.8, 4) is 22.9 Å². The predicted octanol–water partition coefficient (Wildman–Crippen LogP) is 5.27. The highest BCUT2D eigenvalue weighted by Gasteiger charge is 2.19. The van der Waals surface area contributed by atoms with Gasteiger partial charge in [0, 0.05) is 18.1 Å². The normalized spacial score (nSPS) is 12.2. The maximum absolute atomic E-state index is 5.49. The van der Waals surface area contributed by atoms with E-state index in [0.29, 0.717) is 28.9 Å². The van der Waals surface area contributed by atoms with Gasteiger partial charge in [-0.2, -0.15) is 5.10 Å². The van der Waals surface area contributed by atoms with Gasteiger partial charge >= 0.3 is 0 Å². The summed E-state index contributed by atoms with van der Waals surface area (Å²) in [5, 5.41) is 8.87. The van der Waals surface area contributed by atoms with Crippen LogP contribution in [0, 0.1) is 0 Å². The summed E-state index contributed by atoms with van der Waals surface area (Å²) in [4.78, 5) is 14.2. The molecule has 0 aliphatic carbocycles. The van der Waals surface area contributed by atoms with Crippen LogP contribution < -0.4 is 19.5 Å². The molecule has 0 radical (unpaired) electrons. The van der Waals surface area contributed by atoms with Crippen LogP contribution in [0.15, 0.2) is 30.9 Å². The monoisotopic (exact) mass is 479 g/mol. The fourth-order valence-corrected chi connectivity index (χ4v) is 4.02. The minimum atomic E-state index is 0.168. The Balaban J connectivity index is 1.71. The number of hydrogen-bond acceptors (Lipinski definition) is 8. The standard InChI is InChI=1S/C25H33N7O3/c1-8-9-16(4)32-25-18(12-27-32)24(29-23(30-25)15(2)3)28-21-13-31(14-26-21)17-10-19(33-5)22(35-7)20(11-17)34-6/h10-16H,8-9H2,1-7H3,(H,28,29,30). The molecule has 0 saturated carbocycles. The van der Waals surface area contributed by atoms with Gasteiger partial charge in [0.25, 0.3) is 0 Å². The SMILES string of the molecule is CCCC(C)n1ncc2c(Nc3cn(-c4cc(OC)c(OC)c(OC)c4)cn3)nc(C(C)C)nc21. The van der Waals surface area contributed by atoms with Gasteiger partial charge in [-0.1, -0.05) is 27.2 Å². The van der Waals surface area contributed by atoms with E-state index in [0.717, 1.165) is 35.4 Å². The molecule has 0 aliphatic rings. The van der Waals surface area contributed by atoms with E-state index in [9.17, 15) is 0 Å². The number of ether oxygens (including phenoxy) is 3. The van der Waals surface area contributed by atoms with Crippen molar-refractivity contribution in [1.29, 1.82) is 0 Å². The Morgan fingerprint density at radius 2 is 1.71 bits per heavy atom. The molecule has 3 aromatic heterocycles. The summed E-state index contributed by atoms with van der Waals surface area (Å²) in [5.74, 6) is 3.93. The fourth-order valence-electron chi connectivity index (χ4n) is 4.02. The Morgan fingerprint density at radius 1 is 1.00 bits per heavy atom. The van der Waals surface area contributed by atoms with Crippen LogP contribution in [-0.2, 0) is 0 Å². The first-order valence-electron chi connectivity index (χ1n) is 11.8. The molecule has 0 amide bonds. The number of rotatable bonds is 10. The number of imidazole rings is 1. The van der Waals surface area contributed by atoms with E-state index < -0.39 is 0 Å². The number of nitrogens with one attached hydrogen (secondary N) is 1. The van der Waals surface area contributed by atoms with Gasteiger partial charge in [0.1, 0.15) is 23.8 Å². The zero-order valence-corrected chi connectivity index (χ0v) is 21.4. The molecule has 10 heteroatoms. The van der Waals surface area contributed by atoms with Gasteiger partial charge in [-0.05, 0) is 13.3 Å². The summed E-state index contributed by atoms with van der Waals surface area (Å²) in [6.07, 6.45) is 7.53. The first kappa shape index (κ1) is 24.3. The van der Waals surface area contributed by atoms with Crippen LogP contribution in [0.25, 0.3) is 16.7 Å². The number of nitrogens with zero attached hydrogens (tertiary/aromatic N) is 6. The summed E-state index contributed by atoms with van der Waals surface area (Å²) in [6.45, 7) is 8.51. The summed E-state index contributed by atoms with van der Waals surface area (Å²) in [6, 6.07) is 3.98. The van der Waals surface area contributed by atoms with Crippen LogP contribution in [-0.4, -0.2) is 50.6 Å². The predicted molar refractivity (Wildman–Crippen MR) is 136 cm³/mol. The van der Waals surface area contributed by atoms with Gasteiger partial charge in [0.05, 0.1) is 50.8 Å². The molecule has 186 valence electrons. The summed E-state index contributed by atoms with van der Waals surface area (Å²) < 4.78 is 20.3. The summed E-state index contributed by atoms with van der Waals surface area (Å²) >= 11 is 0. The third-order valence-electron chi connectivity index (χ3n) is 5.89. The van der Waals surface area contributed by atoms with Gasteiger partial charge in [0.15, 0.2) is 17.1 Å². The molecule has 1 N–H and O–H groups in total. The smallest absolute Gasteiger partial charge is 0.203 e. The van der Waals surface area contributed by atoms with E-state index in [2.05, 4.69) is 43.1 Å². The molecule has 35 heavy (non-hydrogen) atoms. The Hall–Kier alpha value is -3.82. The Labute approximate surface area is 205 Å². The highest BCUT2D eigenvalue weighted by atomic mass is 16.5. The second-order valence-corrected chi connectivity index (χ2v) is 8.72. The lowest BCUT2D eigenvalue weighted by Gasteiger charge is -2.14. The van der Waals surface area contributed by atoms with Crippen LogP contribution in [0.4, 0.5) is 11.6 Å². The van der Waals surface area contributed by atoms with Crippen LogP contribution in [0.5, 0.6) is 17.2 Å². The number of hydrogen-bond donors (Lipinski definition) is 1. The second kappa shape index (κ2) is 10.2. The molecule has 0 fully saturated rings.